The number of rotatable bonds is 4. The summed E-state index contributed by atoms with van der Waals surface area (Å²) in [4.78, 5) is 0. The van der Waals surface area contributed by atoms with Crippen molar-refractivity contribution in [1.29, 1.82) is 0 Å². The molecule has 53 heavy (non-hydrogen) atoms. The Morgan fingerprint density at radius 2 is 0.962 bits per heavy atom. The monoisotopic (exact) mass is 677 g/mol. The lowest BCUT2D eigenvalue weighted by molar-refractivity contribution is 0.661. The van der Waals surface area contributed by atoms with Gasteiger partial charge in [-0.1, -0.05) is 123 Å². The molecule has 8 aromatic carbocycles. The van der Waals surface area contributed by atoms with Crippen LogP contribution in [-0.4, -0.2) is 4.57 Å². The van der Waals surface area contributed by atoms with Gasteiger partial charge in [0.25, 0.3) is 0 Å². The molecule has 250 valence electrons. The largest absolute Gasteiger partial charge is 0.456 e. The lowest BCUT2D eigenvalue weighted by Gasteiger charge is -2.22. The van der Waals surface area contributed by atoms with E-state index in [9.17, 15) is 0 Å². The molecule has 10 aromatic rings. The third kappa shape index (κ3) is 4.52. The Hall–Kier alpha value is -6.64. The minimum atomic E-state index is -0.176. The second-order valence-corrected chi connectivity index (χ2v) is 15.0. The Labute approximate surface area is 308 Å². The van der Waals surface area contributed by atoms with E-state index in [4.69, 9.17) is 4.42 Å². The van der Waals surface area contributed by atoms with Crippen LogP contribution in [0.25, 0.3) is 93.9 Å². The first-order chi connectivity index (χ1) is 26.0. The van der Waals surface area contributed by atoms with E-state index in [1.54, 1.807) is 0 Å². The molecule has 0 amide bonds. The molecule has 2 heterocycles. The van der Waals surface area contributed by atoms with E-state index >= 15 is 0 Å². The number of hydrogen-bond donors (Lipinski definition) is 0. The van der Waals surface area contributed by atoms with Crippen molar-refractivity contribution in [3.8, 4) is 50.2 Å². The summed E-state index contributed by atoms with van der Waals surface area (Å²) < 4.78 is 8.59. The van der Waals surface area contributed by atoms with E-state index in [0.29, 0.717) is 0 Å². The normalized spacial score (nSPS) is 13.2. The second-order valence-electron chi connectivity index (χ2n) is 15.0. The fourth-order valence-corrected chi connectivity index (χ4v) is 8.88. The quantitative estimate of drug-likeness (QED) is 0.181. The van der Waals surface area contributed by atoms with Crippen LogP contribution in [0.5, 0.6) is 0 Å². The number of hydrogen-bond acceptors (Lipinski definition) is 1. The maximum atomic E-state index is 6.15. The zero-order chi connectivity index (χ0) is 35.3. The molecule has 0 bridgehead atoms. The first-order valence-corrected chi connectivity index (χ1v) is 18.4. The van der Waals surface area contributed by atoms with E-state index in [0.717, 1.165) is 21.9 Å². The summed E-state index contributed by atoms with van der Waals surface area (Å²) in [5.41, 5.74) is 18.0. The van der Waals surface area contributed by atoms with Gasteiger partial charge >= 0.3 is 0 Å². The van der Waals surface area contributed by atoms with Gasteiger partial charge in [0.1, 0.15) is 11.2 Å². The van der Waals surface area contributed by atoms with E-state index in [2.05, 4.69) is 182 Å². The number of fused-ring (bicyclic) bond motifs is 9. The molecule has 0 spiro atoms. The van der Waals surface area contributed by atoms with Crippen LogP contribution in [0.1, 0.15) is 25.0 Å². The van der Waals surface area contributed by atoms with Crippen LogP contribution in [0, 0.1) is 0 Å². The standard InChI is InChI=1S/C51H35NO/c1-51(2)45-29-37(36-22-25-50-44(28-36)40-18-9-10-19-49(40)53-50)20-23-39(45)41-31-48-43(30-46(41)51)42-27-35(21-24-47(42)52(48)38-16-7-4-8-17-38)34-15-11-14-33(26-34)32-12-5-3-6-13-32/h3-31H,1-2H3. The van der Waals surface area contributed by atoms with Crippen LogP contribution in [0.2, 0.25) is 0 Å². The van der Waals surface area contributed by atoms with E-state index in [-0.39, 0.29) is 5.41 Å². The van der Waals surface area contributed by atoms with Gasteiger partial charge in [0.05, 0.1) is 11.0 Å². The molecule has 1 aliphatic rings. The van der Waals surface area contributed by atoms with Crippen LogP contribution < -0.4 is 0 Å². The minimum absolute atomic E-state index is 0.176. The molecule has 0 atom stereocenters. The predicted octanol–water partition coefficient (Wildman–Crippen LogP) is 14.0. The lowest BCUT2D eigenvalue weighted by atomic mass is 9.81. The number of nitrogens with zero attached hydrogens (tertiary/aromatic N) is 1. The number of benzene rings is 8. The first kappa shape index (κ1) is 30.0. The highest BCUT2D eigenvalue weighted by atomic mass is 16.3. The van der Waals surface area contributed by atoms with Gasteiger partial charge < -0.3 is 8.98 Å². The molecule has 2 heteroatoms. The summed E-state index contributed by atoms with van der Waals surface area (Å²) in [5, 5.41) is 4.86. The third-order valence-corrected chi connectivity index (χ3v) is 11.6. The molecule has 11 rings (SSSR count). The van der Waals surface area contributed by atoms with Crippen molar-refractivity contribution < 1.29 is 4.42 Å². The summed E-state index contributed by atoms with van der Waals surface area (Å²) in [7, 11) is 0. The predicted molar refractivity (Wildman–Crippen MR) is 222 cm³/mol. The van der Waals surface area contributed by atoms with Crippen molar-refractivity contribution in [1.82, 2.24) is 4.57 Å². The van der Waals surface area contributed by atoms with Gasteiger partial charge in [-0.2, -0.15) is 0 Å². The molecule has 0 unspecified atom stereocenters. The SMILES string of the molecule is CC1(C)c2cc(-c3ccc4oc5ccccc5c4c3)ccc2-c2cc3c(cc21)c1cc(-c2cccc(-c4ccccc4)c2)ccc1n3-c1ccccc1. The van der Waals surface area contributed by atoms with Gasteiger partial charge in [-0.05, 0) is 122 Å². The van der Waals surface area contributed by atoms with Crippen LogP contribution in [0.4, 0.5) is 0 Å². The summed E-state index contributed by atoms with van der Waals surface area (Å²) in [5.74, 6) is 0. The molecule has 1 aliphatic carbocycles. The Morgan fingerprint density at radius 1 is 0.377 bits per heavy atom. The Morgan fingerprint density at radius 3 is 1.79 bits per heavy atom. The second kappa shape index (κ2) is 11.2. The molecule has 0 N–H and O–H groups in total. The van der Waals surface area contributed by atoms with Crippen molar-refractivity contribution in [3.63, 3.8) is 0 Å². The third-order valence-electron chi connectivity index (χ3n) is 11.6. The lowest BCUT2D eigenvalue weighted by Crippen LogP contribution is -2.15. The molecule has 0 saturated heterocycles. The van der Waals surface area contributed by atoms with Gasteiger partial charge in [-0.25, -0.2) is 0 Å². The Balaban J connectivity index is 1.09. The maximum absolute atomic E-state index is 6.15. The zero-order valence-corrected chi connectivity index (χ0v) is 29.6. The van der Waals surface area contributed by atoms with Crippen molar-refractivity contribution in [2.45, 2.75) is 19.3 Å². The van der Waals surface area contributed by atoms with E-state index in [1.165, 1.54) is 83.1 Å². The maximum Gasteiger partial charge on any atom is 0.135 e. The van der Waals surface area contributed by atoms with Crippen LogP contribution in [0.3, 0.4) is 0 Å². The van der Waals surface area contributed by atoms with Gasteiger partial charge in [-0.3, -0.25) is 0 Å². The van der Waals surface area contributed by atoms with Crippen LogP contribution in [0.15, 0.2) is 180 Å². The highest BCUT2D eigenvalue weighted by Crippen LogP contribution is 2.52. The Kier molecular flexibility index (Phi) is 6.33. The molecule has 0 fully saturated rings. The number of furan rings is 1. The molecule has 0 saturated carbocycles. The highest BCUT2D eigenvalue weighted by molar-refractivity contribution is 6.13. The Bertz CT molecular complexity index is 3070. The van der Waals surface area contributed by atoms with E-state index in [1.807, 2.05) is 12.1 Å². The summed E-state index contributed by atoms with van der Waals surface area (Å²) >= 11 is 0. The molecule has 0 aliphatic heterocycles. The summed E-state index contributed by atoms with van der Waals surface area (Å²) in [6, 6.07) is 64.2. The number of aromatic nitrogens is 1. The first-order valence-electron chi connectivity index (χ1n) is 18.4. The number of para-hydroxylation sites is 2. The smallest absolute Gasteiger partial charge is 0.135 e. The fraction of sp³-hybridized carbons (Fsp3) is 0.0588. The van der Waals surface area contributed by atoms with Gasteiger partial charge in [0.2, 0.25) is 0 Å². The van der Waals surface area contributed by atoms with Crippen molar-refractivity contribution in [2.24, 2.45) is 0 Å². The topological polar surface area (TPSA) is 18.1 Å². The van der Waals surface area contributed by atoms with Gasteiger partial charge in [0, 0.05) is 32.6 Å². The molecule has 0 radical (unpaired) electrons. The molecule has 2 aromatic heterocycles. The van der Waals surface area contributed by atoms with Gasteiger partial charge in [-0.15, -0.1) is 0 Å². The zero-order valence-electron chi connectivity index (χ0n) is 29.6. The molecular formula is C51H35NO. The van der Waals surface area contributed by atoms with Gasteiger partial charge in [0.15, 0.2) is 0 Å². The van der Waals surface area contributed by atoms with Crippen LogP contribution >= 0.6 is 0 Å². The van der Waals surface area contributed by atoms with Crippen molar-refractivity contribution in [3.05, 3.63) is 187 Å². The minimum Gasteiger partial charge on any atom is -0.456 e. The molecular weight excluding hydrogens is 643 g/mol. The fourth-order valence-electron chi connectivity index (χ4n) is 8.88. The molecule has 2 nitrogen and oxygen atoms in total. The van der Waals surface area contributed by atoms with Crippen molar-refractivity contribution >= 4 is 43.7 Å². The average Bonchev–Trinajstić information content (AvgIpc) is 3.82. The average molecular weight is 678 g/mol. The van der Waals surface area contributed by atoms with Crippen molar-refractivity contribution in [2.75, 3.05) is 0 Å². The summed E-state index contributed by atoms with van der Waals surface area (Å²) in [6.07, 6.45) is 0. The van der Waals surface area contributed by atoms with Crippen LogP contribution in [-0.2, 0) is 5.41 Å². The summed E-state index contributed by atoms with van der Waals surface area (Å²) in [6.45, 7) is 4.77. The highest BCUT2D eigenvalue weighted by Gasteiger charge is 2.36. The van der Waals surface area contributed by atoms with E-state index < -0.39 is 0 Å².